The van der Waals surface area contributed by atoms with Crippen LogP contribution in [0.5, 0.6) is 0 Å². The Bertz CT molecular complexity index is 1640. The number of hydrogen-bond donors (Lipinski definition) is 0. The van der Waals surface area contributed by atoms with Crippen molar-refractivity contribution in [2.24, 2.45) is 4.99 Å². The highest BCUT2D eigenvalue weighted by Gasteiger charge is 2.32. The van der Waals surface area contributed by atoms with Crippen LogP contribution in [-0.4, -0.2) is 21.5 Å². The normalized spacial score (nSPS) is 12.5. The van der Waals surface area contributed by atoms with Crippen molar-refractivity contribution in [3.8, 4) is 17.2 Å². The summed E-state index contributed by atoms with van der Waals surface area (Å²) in [5.41, 5.74) is 4.88. The second-order valence-electron chi connectivity index (χ2n) is 9.46. The monoisotopic (exact) mass is 542 g/mol. The lowest BCUT2D eigenvalue weighted by Crippen LogP contribution is -2.14. The summed E-state index contributed by atoms with van der Waals surface area (Å²) < 4.78 is 53.4. The van der Waals surface area contributed by atoms with Crippen molar-refractivity contribution in [1.29, 1.82) is 5.26 Å². The first kappa shape index (κ1) is 26.9. The Morgan fingerprint density at radius 1 is 0.900 bits per heavy atom. The minimum atomic E-state index is -4.64. The SMILES string of the molecule is N#CCC1=NCc2ncc(-c3ccc(CCc4ncc(C(F)(F)F)cc4C(=O)Cc4ccc(F)cc4)cc3)cc21. The lowest BCUT2D eigenvalue weighted by atomic mass is 9.96. The fourth-order valence-electron chi connectivity index (χ4n) is 4.61. The van der Waals surface area contributed by atoms with Crippen LogP contribution in [0.2, 0.25) is 0 Å². The molecule has 0 radical (unpaired) electrons. The van der Waals surface area contributed by atoms with Gasteiger partial charge in [0.05, 0.1) is 41.7 Å². The molecule has 1 aliphatic rings. The molecule has 1 aliphatic heterocycles. The van der Waals surface area contributed by atoms with Crippen molar-refractivity contribution in [3.05, 3.63) is 118 Å². The van der Waals surface area contributed by atoms with Crippen molar-refractivity contribution >= 4 is 11.5 Å². The van der Waals surface area contributed by atoms with Crippen LogP contribution >= 0.6 is 0 Å². The number of ketones is 1. The van der Waals surface area contributed by atoms with Crippen LogP contribution < -0.4 is 0 Å². The molecule has 0 unspecified atom stereocenters. The Morgan fingerprint density at radius 2 is 1.62 bits per heavy atom. The van der Waals surface area contributed by atoms with Gasteiger partial charge in [0.1, 0.15) is 5.82 Å². The van der Waals surface area contributed by atoms with Gasteiger partial charge < -0.3 is 0 Å². The number of fused-ring (bicyclic) bond motifs is 1. The van der Waals surface area contributed by atoms with Gasteiger partial charge in [-0.25, -0.2) is 4.39 Å². The van der Waals surface area contributed by atoms with Gasteiger partial charge in [0.2, 0.25) is 0 Å². The summed E-state index contributed by atoms with van der Waals surface area (Å²) in [6, 6.07) is 17.9. The van der Waals surface area contributed by atoms with Gasteiger partial charge in [0.25, 0.3) is 0 Å². The van der Waals surface area contributed by atoms with Crippen LogP contribution in [0.15, 0.2) is 78.0 Å². The number of halogens is 4. The highest BCUT2D eigenvalue weighted by molar-refractivity contribution is 6.05. The van der Waals surface area contributed by atoms with Gasteiger partial charge in [0.15, 0.2) is 5.78 Å². The van der Waals surface area contributed by atoms with Gasteiger partial charge in [-0.1, -0.05) is 36.4 Å². The summed E-state index contributed by atoms with van der Waals surface area (Å²) in [6.45, 7) is 0.470. The van der Waals surface area contributed by atoms with Crippen LogP contribution in [0, 0.1) is 17.1 Å². The molecule has 2 aromatic heterocycles. The number of aryl methyl sites for hydroxylation is 2. The number of aromatic nitrogens is 2. The van der Waals surface area contributed by atoms with Crippen LogP contribution in [0.1, 0.15) is 50.4 Å². The summed E-state index contributed by atoms with van der Waals surface area (Å²) in [5, 5.41) is 9.04. The Labute approximate surface area is 227 Å². The van der Waals surface area contributed by atoms with E-state index in [-0.39, 0.29) is 30.5 Å². The molecular weight excluding hydrogens is 520 g/mol. The number of nitrogens with zero attached hydrogens (tertiary/aromatic N) is 4. The number of hydrogen-bond acceptors (Lipinski definition) is 5. The van der Waals surface area contributed by atoms with Gasteiger partial charge in [-0.15, -0.1) is 0 Å². The number of aliphatic imine (C=N–C) groups is 1. The van der Waals surface area contributed by atoms with E-state index in [0.29, 0.717) is 18.5 Å². The first-order chi connectivity index (χ1) is 19.2. The third kappa shape index (κ3) is 5.96. The van der Waals surface area contributed by atoms with Crippen molar-refractivity contribution in [2.45, 2.75) is 38.4 Å². The summed E-state index contributed by atoms with van der Waals surface area (Å²) in [6.07, 6.45) is -1.35. The zero-order valence-corrected chi connectivity index (χ0v) is 21.2. The molecule has 0 atom stereocenters. The van der Waals surface area contributed by atoms with E-state index in [9.17, 15) is 22.4 Å². The number of rotatable bonds is 8. The zero-order valence-electron chi connectivity index (χ0n) is 21.2. The molecular formula is C31H22F4N4O. The molecule has 0 bridgehead atoms. The number of carbonyl (C=O) groups is 1. The molecule has 0 spiro atoms. The highest BCUT2D eigenvalue weighted by Crippen LogP contribution is 2.31. The molecule has 0 saturated carbocycles. The number of carbonyl (C=O) groups excluding carboxylic acids is 1. The maximum Gasteiger partial charge on any atom is 0.417 e. The third-order valence-corrected chi connectivity index (χ3v) is 6.76. The minimum Gasteiger partial charge on any atom is -0.294 e. The molecule has 40 heavy (non-hydrogen) atoms. The minimum absolute atomic E-state index is 0.0881. The van der Waals surface area contributed by atoms with E-state index in [2.05, 4.69) is 21.0 Å². The van der Waals surface area contributed by atoms with E-state index >= 15 is 0 Å². The predicted octanol–water partition coefficient (Wildman–Crippen LogP) is 6.73. The quantitative estimate of drug-likeness (QED) is 0.183. The number of nitriles is 1. The van der Waals surface area contributed by atoms with E-state index < -0.39 is 23.3 Å². The van der Waals surface area contributed by atoms with E-state index in [1.165, 1.54) is 24.3 Å². The van der Waals surface area contributed by atoms with Crippen LogP contribution in [0.4, 0.5) is 17.6 Å². The first-order valence-electron chi connectivity index (χ1n) is 12.5. The predicted molar refractivity (Wildman–Crippen MR) is 141 cm³/mol. The van der Waals surface area contributed by atoms with Gasteiger partial charge >= 0.3 is 6.18 Å². The lowest BCUT2D eigenvalue weighted by molar-refractivity contribution is -0.137. The van der Waals surface area contributed by atoms with E-state index in [1.807, 2.05) is 30.3 Å². The Hall–Kier alpha value is -4.71. The fourth-order valence-corrected chi connectivity index (χ4v) is 4.61. The molecule has 4 aromatic rings. The highest BCUT2D eigenvalue weighted by atomic mass is 19.4. The number of benzene rings is 2. The molecule has 5 rings (SSSR count). The van der Waals surface area contributed by atoms with E-state index in [1.54, 1.807) is 6.20 Å². The fraction of sp³-hybridized carbons (Fsp3) is 0.194. The Kier molecular flexibility index (Phi) is 7.52. The summed E-state index contributed by atoms with van der Waals surface area (Å²) in [4.78, 5) is 25.9. The van der Waals surface area contributed by atoms with Crippen molar-refractivity contribution in [3.63, 3.8) is 0 Å². The Morgan fingerprint density at radius 3 is 2.33 bits per heavy atom. The lowest BCUT2D eigenvalue weighted by Gasteiger charge is -2.13. The van der Waals surface area contributed by atoms with Gasteiger partial charge in [-0.2, -0.15) is 18.4 Å². The van der Waals surface area contributed by atoms with Gasteiger partial charge in [0, 0.05) is 35.5 Å². The van der Waals surface area contributed by atoms with Crippen molar-refractivity contribution < 1.29 is 22.4 Å². The number of pyridine rings is 2. The smallest absolute Gasteiger partial charge is 0.294 e. The topological polar surface area (TPSA) is 79.0 Å². The van der Waals surface area contributed by atoms with Gasteiger partial charge in [-0.3, -0.25) is 19.8 Å². The van der Waals surface area contributed by atoms with E-state index in [4.69, 9.17) is 5.26 Å². The largest absolute Gasteiger partial charge is 0.417 e. The molecule has 0 N–H and O–H groups in total. The van der Waals surface area contributed by atoms with Crippen LogP contribution in [0.25, 0.3) is 11.1 Å². The zero-order chi connectivity index (χ0) is 28.3. The average Bonchev–Trinajstić information content (AvgIpc) is 3.35. The molecule has 0 fully saturated rings. The molecule has 5 nitrogen and oxygen atoms in total. The third-order valence-electron chi connectivity index (χ3n) is 6.76. The molecule has 0 aliphatic carbocycles. The molecule has 3 heterocycles. The second-order valence-corrected chi connectivity index (χ2v) is 9.46. The first-order valence-corrected chi connectivity index (χ1v) is 12.5. The van der Waals surface area contributed by atoms with Crippen LogP contribution in [0.3, 0.4) is 0 Å². The van der Waals surface area contributed by atoms with E-state index in [0.717, 1.165) is 45.9 Å². The number of Topliss-reactive ketones (excluding diaryl/α,β-unsaturated/α-hetero) is 1. The van der Waals surface area contributed by atoms with Crippen molar-refractivity contribution in [1.82, 2.24) is 9.97 Å². The summed E-state index contributed by atoms with van der Waals surface area (Å²) in [7, 11) is 0. The Balaban J connectivity index is 1.33. The standard InChI is InChI=1S/C31H22F4N4O/c32-24-8-3-20(4-9-24)13-30(40)26-15-23(31(33,34)35)17-38-27(26)10-5-19-1-6-21(7-2-19)22-14-25-28(11-12-36)39-18-29(25)37-16-22/h1-4,6-9,14-17H,5,10-11,13,18H2. The van der Waals surface area contributed by atoms with Gasteiger partial charge in [-0.05, 0) is 53.8 Å². The average molecular weight is 543 g/mol. The molecule has 2 aromatic carbocycles. The second kappa shape index (κ2) is 11.2. The van der Waals surface area contributed by atoms with Crippen molar-refractivity contribution in [2.75, 3.05) is 0 Å². The molecule has 0 saturated heterocycles. The summed E-state index contributed by atoms with van der Waals surface area (Å²) >= 11 is 0. The molecule has 200 valence electrons. The maximum atomic E-state index is 13.4. The number of alkyl halides is 3. The molecule has 0 amide bonds. The molecule has 9 heteroatoms. The van der Waals surface area contributed by atoms with Crippen LogP contribution in [-0.2, 0) is 32.0 Å². The summed E-state index contributed by atoms with van der Waals surface area (Å²) in [5.74, 6) is -0.979. The maximum absolute atomic E-state index is 13.4.